The summed E-state index contributed by atoms with van der Waals surface area (Å²) < 4.78 is 1.49. The van der Waals surface area contributed by atoms with E-state index in [1.165, 1.54) is 9.96 Å². The number of anilines is 1. The monoisotopic (exact) mass is 394 g/mol. The molecule has 29 heavy (non-hydrogen) atoms. The molecule has 1 fully saturated rings. The maximum Gasteiger partial charge on any atom is 0.372 e. The smallest absolute Gasteiger partial charge is 0.359 e. The lowest BCUT2D eigenvalue weighted by Gasteiger charge is -2.34. The van der Waals surface area contributed by atoms with E-state index in [9.17, 15) is 10.1 Å². The molecule has 0 bridgehead atoms. The molecule has 0 radical (unpaired) electrons. The lowest BCUT2D eigenvalue weighted by molar-refractivity contribution is -0.389. The van der Waals surface area contributed by atoms with Crippen molar-refractivity contribution in [1.29, 1.82) is 0 Å². The van der Waals surface area contributed by atoms with E-state index in [0.29, 0.717) is 18.0 Å². The summed E-state index contributed by atoms with van der Waals surface area (Å²) in [5.74, 6) is 0.252. The highest BCUT2D eigenvalue weighted by Crippen LogP contribution is 2.25. The zero-order valence-electron chi connectivity index (χ0n) is 16.6. The minimum atomic E-state index is -0.399. The SMILES string of the molecule is CCN1CCN(Cc2ccc(CNc3nc4ccccn4c3[N+](=O)[O-])cc2)CC1. The van der Waals surface area contributed by atoms with Gasteiger partial charge in [0.25, 0.3) is 0 Å². The number of hydrogen-bond donors (Lipinski definition) is 1. The Labute approximate surface area is 169 Å². The highest BCUT2D eigenvalue weighted by molar-refractivity contribution is 5.62. The first-order valence-electron chi connectivity index (χ1n) is 10.0. The van der Waals surface area contributed by atoms with Crippen LogP contribution in [0.5, 0.6) is 0 Å². The van der Waals surface area contributed by atoms with Crippen molar-refractivity contribution in [3.63, 3.8) is 0 Å². The summed E-state index contributed by atoms with van der Waals surface area (Å²) >= 11 is 0. The summed E-state index contributed by atoms with van der Waals surface area (Å²) in [6.07, 6.45) is 1.65. The number of benzene rings is 1. The van der Waals surface area contributed by atoms with Gasteiger partial charge in [0.05, 0.1) is 6.20 Å². The number of nitro groups is 1. The van der Waals surface area contributed by atoms with Crippen LogP contribution >= 0.6 is 0 Å². The second-order valence-electron chi connectivity index (χ2n) is 7.35. The normalized spacial score (nSPS) is 15.6. The predicted octanol–water partition coefficient (Wildman–Crippen LogP) is 2.99. The third-order valence-corrected chi connectivity index (χ3v) is 5.48. The van der Waals surface area contributed by atoms with Crippen LogP contribution < -0.4 is 5.32 Å². The topological polar surface area (TPSA) is 79.0 Å². The van der Waals surface area contributed by atoms with Gasteiger partial charge in [0, 0.05) is 45.3 Å². The van der Waals surface area contributed by atoms with Crippen molar-refractivity contribution in [2.45, 2.75) is 20.0 Å². The average molecular weight is 394 g/mol. The van der Waals surface area contributed by atoms with E-state index in [1.807, 2.05) is 6.07 Å². The minimum absolute atomic E-state index is 0.0385. The Kier molecular flexibility index (Phi) is 5.73. The van der Waals surface area contributed by atoms with Gasteiger partial charge >= 0.3 is 5.82 Å². The molecule has 2 aromatic heterocycles. The maximum absolute atomic E-state index is 11.5. The van der Waals surface area contributed by atoms with Crippen LogP contribution in [-0.2, 0) is 13.1 Å². The highest BCUT2D eigenvalue weighted by Gasteiger charge is 2.22. The van der Waals surface area contributed by atoms with Gasteiger partial charge in [-0.2, -0.15) is 9.38 Å². The molecular formula is C21H26N6O2. The number of nitrogens with one attached hydrogen (secondary N) is 1. The van der Waals surface area contributed by atoms with Gasteiger partial charge in [0.1, 0.15) is 0 Å². The quantitative estimate of drug-likeness (QED) is 0.490. The average Bonchev–Trinajstić information content (AvgIpc) is 3.12. The molecule has 0 saturated carbocycles. The van der Waals surface area contributed by atoms with Crippen molar-refractivity contribution in [2.24, 2.45) is 0 Å². The van der Waals surface area contributed by atoms with Crippen LogP contribution in [0.2, 0.25) is 0 Å². The second-order valence-corrected chi connectivity index (χ2v) is 7.35. The molecule has 4 rings (SSSR count). The Balaban J connectivity index is 1.38. The molecule has 8 nitrogen and oxygen atoms in total. The number of likely N-dealkylation sites (N-methyl/N-ethyl adjacent to an activating group) is 1. The van der Waals surface area contributed by atoms with Crippen LogP contribution in [0.4, 0.5) is 11.6 Å². The molecule has 152 valence electrons. The van der Waals surface area contributed by atoms with Crippen molar-refractivity contribution in [2.75, 3.05) is 38.0 Å². The number of nitrogens with zero attached hydrogens (tertiary/aromatic N) is 5. The van der Waals surface area contributed by atoms with Crippen LogP contribution in [0, 0.1) is 10.1 Å². The molecule has 1 aliphatic rings. The number of pyridine rings is 1. The van der Waals surface area contributed by atoms with Gasteiger partial charge in [-0.3, -0.25) is 4.90 Å². The Morgan fingerprint density at radius 1 is 1.03 bits per heavy atom. The van der Waals surface area contributed by atoms with Gasteiger partial charge < -0.3 is 20.3 Å². The molecule has 1 aliphatic heterocycles. The molecule has 1 aromatic carbocycles. The van der Waals surface area contributed by atoms with Crippen LogP contribution in [0.25, 0.3) is 5.65 Å². The number of imidazole rings is 1. The van der Waals surface area contributed by atoms with Gasteiger partial charge in [-0.15, -0.1) is 0 Å². The summed E-state index contributed by atoms with van der Waals surface area (Å²) in [4.78, 5) is 20.4. The molecule has 3 heterocycles. The summed E-state index contributed by atoms with van der Waals surface area (Å²) in [7, 11) is 0. The number of rotatable bonds is 7. The zero-order valence-corrected chi connectivity index (χ0v) is 16.6. The Morgan fingerprint density at radius 3 is 2.41 bits per heavy atom. The van der Waals surface area contributed by atoms with E-state index in [1.54, 1.807) is 18.3 Å². The summed E-state index contributed by atoms with van der Waals surface area (Å²) in [6.45, 7) is 9.27. The molecule has 0 spiro atoms. The van der Waals surface area contributed by atoms with Crippen molar-refractivity contribution >= 4 is 17.3 Å². The van der Waals surface area contributed by atoms with Crippen LogP contribution in [0.15, 0.2) is 48.7 Å². The van der Waals surface area contributed by atoms with Crippen molar-refractivity contribution < 1.29 is 4.92 Å². The van der Waals surface area contributed by atoms with Crippen molar-refractivity contribution in [3.05, 3.63) is 69.9 Å². The van der Waals surface area contributed by atoms with Gasteiger partial charge in [-0.05, 0) is 28.7 Å². The van der Waals surface area contributed by atoms with E-state index in [-0.39, 0.29) is 5.82 Å². The third-order valence-electron chi connectivity index (χ3n) is 5.48. The lowest BCUT2D eigenvalue weighted by atomic mass is 10.1. The van der Waals surface area contributed by atoms with Gasteiger partial charge in [-0.1, -0.05) is 37.3 Å². The highest BCUT2D eigenvalue weighted by atomic mass is 16.6. The zero-order chi connectivity index (χ0) is 20.2. The molecule has 0 unspecified atom stereocenters. The second kappa shape index (κ2) is 8.59. The number of fused-ring (bicyclic) bond motifs is 1. The number of hydrogen-bond acceptors (Lipinski definition) is 6. The number of aromatic nitrogens is 2. The van der Waals surface area contributed by atoms with Gasteiger partial charge in [0.15, 0.2) is 0 Å². The maximum atomic E-state index is 11.5. The fraction of sp³-hybridized carbons (Fsp3) is 0.381. The van der Waals surface area contributed by atoms with Crippen molar-refractivity contribution in [3.8, 4) is 0 Å². The lowest BCUT2D eigenvalue weighted by Crippen LogP contribution is -2.45. The van der Waals surface area contributed by atoms with Crippen LogP contribution in [-0.4, -0.2) is 56.8 Å². The standard InChI is InChI=1S/C21H26N6O2/c1-2-24-11-13-25(14-12-24)16-18-8-6-17(7-9-18)15-22-20-21(27(28)29)26-10-4-3-5-19(26)23-20/h3-10,22H,2,11-16H2,1H3. The first kappa shape index (κ1) is 19.4. The first-order valence-corrected chi connectivity index (χ1v) is 10.0. The number of piperazine rings is 1. The largest absolute Gasteiger partial charge is 0.372 e. The molecule has 0 aliphatic carbocycles. The summed E-state index contributed by atoms with van der Waals surface area (Å²) in [6, 6.07) is 13.8. The summed E-state index contributed by atoms with van der Waals surface area (Å²) in [5, 5.41) is 14.6. The van der Waals surface area contributed by atoms with Crippen LogP contribution in [0.3, 0.4) is 0 Å². The fourth-order valence-electron chi connectivity index (χ4n) is 3.75. The van der Waals surface area contributed by atoms with E-state index in [4.69, 9.17) is 0 Å². The van der Waals surface area contributed by atoms with E-state index in [2.05, 4.69) is 51.3 Å². The molecule has 8 heteroatoms. The molecule has 1 saturated heterocycles. The Bertz CT molecular complexity index is 977. The molecule has 1 N–H and O–H groups in total. The van der Waals surface area contributed by atoms with Crippen molar-refractivity contribution in [1.82, 2.24) is 19.2 Å². The van der Waals surface area contributed by atoms with E-state index >= 15 is 0 Å². The van der Waals surface area contributed by atoms with E-state index < -0.39 is 4.92 Å². The Hall–Kier alpha value is -2.97. The van der Waals surface area contributed by atoms with Gasteiger partial charge in [0.2, 0.25) is 11.5 Å². The molecule has 3 aromatic rings. The molecular weight excluding hydrogens is 368 g/mol. The van der Waals surface area contributed by atoms with Crippen LogP contribution in [0.1, 0.15) is 18.1 Å². The molecule has 0 amide bonds. The van der Waals surface area contributed by atoms with E-state index in [0.717, 1.165) is 44.8 Å². The van der Waals surface area contributed by atoms with Gasteiger partial charge in [-0.25, -0.2) is 0 Å². The minimum Gasteiger partial charge on any atom is -0.359 e. The Morgan fingerprint density at radius 2 is 1.72 bits per heavy atom. The predicted molar refractivity (Wildman–Crippen MR) is 113 cm³/mol. The first-order chi connectivity index (χ1) is 14.1. The molecule has 0 atom stereocenters. The summed E-state index contributed by atoms with van der Waals surface area (Å²) in [5.41, 5.74) is 2.91. The third kappa shape index (κ3) is 4.38. The fourth-order valence-corrected chi connectivity index (χ4v) is 3.75.